The van der Waals surface area contributed by atoms with Crippen molar-refractivity contribution in [1.29, 1.82) is 0 Å². The van der Waals surface area contributed by atoms with Crippen LogP contribution in [0.3, 0.4) is 0 Å². The number of benzene rings is 1. The minimum atomic E-state index is 0.0349. The second-order valence-electron chi connectivity index (χ2n) is 3.05. The highest BCUT2D eigenvalue weighted by molar-refractivity contribution is 6.05. The molecular weight excluding hydrogens is 176 g/mol. The largest absolute Gasteiger partial charge is 0.497 e. The van der Waals surface area contributed by atoms with Gasteiger partial charge in [0.1, 0.15) is 5.75 Å². The first-order chi connectivity index (χ1) is 6.69. The molecule has 0 amide bonds. The van der Waals surface area contributed by atoms with Gasteiger partial charge < -0.3 is 4.74 Å². The Bertz CT molecular complexity index is 365. The van der Waals surface area contributed by atoms with Crippen molar-refractivity contribution in [3.05, 3.63) is 41.5 Å². The lowest BCUT2D eigenvalue weighted by Gasteiger charge is -2.04. The van der Waals surface area contributed by atoms with E-state index in [-0.39, 0.29) is 5.78 Å². The molecule has 1 rings (SSSR count). The molecule has 0 radical (unpaired) electrons. The number of aryl methyl sites for hydroxylation is 1. The van der Waals surface area contributed by atoms with Crippen LogP contribution in [0.1, 0.15) is 22.8 Å². The Kier molecular flexibility index (Phi) is 3.46. The number of allylic oxidation sites excluding steroid dienone is 2. The standard InChI is InChI=1S/C12H14O2/c1-4-5-12(13)11-7-6-10(14-3)8-9(11)2/h4-8H,1-3H3/b5-4+. The fourth-order valence-electron chi connectivity index (χ4n) is 1.28. The number of methoxy groups -OCH3 is 1. The lowest BCUT2D eigenvalue weighted by atomic mass is 10.0. The van der Waals surface area contributed by atoms with Gasteiger partial charge in [-0.05, 0) is 43.7 Å². The summed E-state index contributed by atoms with van der Waals surface area (Å²) >= 11 is 0. The summed E-state index contributed by atoms with van der Waals surface area (Å²) < 4.78 is 5.06. The molecule has 1 aromatic rings. The summed E-state index contributed by atoms with van der Waals surface area (Å²) in [6.45, 7) is 3.73. The Hall–Kier alpha value is -1.57. The van der Waals surface area contributed by atoms with Gasteiger partial charge in [0.15, 0.2) is 5.78 Å². The van der Waals surface area contributed by atoms with Crippen molar-refractivity contribution in [2.45, 2.75) is 13.8 Å². The maximum atomic E-state index is 11.5. The Morgan fingerprint density at radius 3 is 2.64 bits per heavy atom. The molecule has 0 aliphatic heterocycles. The summed E-state index contributed by atoms with van der Waals surface area (Å²) in [5, 5.41) is 0. The van der Waals surface area contributed by atoms with Gasteiger partial charge in [-0.25, -0.2) is 0 Å². The fraction of sp³-hybridized carbons (Fsp3) is 0.250. The second-order valence-corrected chi connectivity index (χ2v) is 3.05. The Labute approximate surface area is 84.2 Å². The van der Waals surface area contributed by atoms with Gasteiger partial charge in [0.05, 0.1) is 7.11 Å². The van der Waals surface area contributed by atoms with E-state index in [2.05, 4.69) is 0 Å². The van der Waals surface area contributed by atoms with Crippen LogP contribution in [0.25, 0.3) is 0 Å². The van der Waals surface area contributed by atoms with E-state index in [1.807, 2.05) is 19.9 Å². The Morgan fingerprint density at radius 1 is 1.43 bits per heavy atom. The summed E-state index contributed by atoms with van der Waals surface area (Å²) in [4.78, 5) is 11.5. The predicted octanol–water partition coefficient (Wildman–Crippen LogP) is 2.76. The van der Waals surface area contributed by atoms with Crippen LogP contribution in [0.15, 0.2) is 30.4 Å². The lowest BCUT2D eigenvalue weighted by molar-refractivity contribution is 0.104. The molecule has 0 saturated heterocycles. The van der Waals surface area contributed by atoms with Gasteiger partial charge in [0, 0.05) is 5.56 Å². The van der Waals surface area contributed by atoms with Gasteiger partial charge in [-0.3, -0.25) is 4.79 Å². The molecule has 0 heterocycles. The van der Waals surface area contributed by atoms with Crippen LogP contribution in [-0.2, 0) is 0 Å². The molecule has 74 valence electrons. The molecule has 0 aromatic heterocycles. The van der Waals surface area contributed by atoms with E-state index in [9.17, 15) is 4.79 Å². The van der Waals surface area contributed by atoms with Gasteiger partial charge in [-0.1, -0.05) is 6.08 Å². The number of carbonyl (C=O) groups excluding carboxylic acids is 1. The van der Waals surface area contributed by atoms with Crippen LogP contribution in [0.4, 0.5) is 0 Å². The highest BCUT2D eigenvalue weighted by atomic mass is 16.5. The monoisotopic (exact) mass is 190 g/mol. The van der Waals surface area contributed by atoms with E-state index in [1.54, 1.807) is 31.4 Å². The molecule has 14 heavy (non-hydrogen) atoms. The topological polar surface area (TPSA) is 26.3 Å². The molecule has 0 aliphatic rings. The van der Waals surface area contributed by atoms with Crippen molar-refractivity contribution in [1.82, 2.24) is 0 Å². The first kappa shape index (κ1) is 10.5. The smallest absolute Gasteiger partial charge is 0.185 e. The maximum Gasteiger partial charge on any atom is 0.185 e. The summed E-state index contributed by atoms with van der Waals surface area (Å²) in [5.41, 5.74) is 1.66. The second kappa shape index (κ2) is 4.61. The van der Waals surface area contributed by atoms with E-state index >= 15 is 0 Å². The molecule has 0 aliphatic carbocycles. The molecular formula is C12H14O2. The van der Waals surface area contributed by atoms with Crippen LogP contribution in [0.2, 0.25) is 0 Å². The van der Waals surface area contributed by atoms with Crippen molar-refractivity contribution in [2.75, 3.05) is 7.11 Å². The third-order valence-electron chi connectivity index (χ3n) is 2.02. The maximum absolute atomic E-state index is 11.5. The van der Waals surface area contributed by atoms with Crippen molar-refractivity contribution < 1.29 is 9.53 Å². The van der Waals surface area contributed by atoms with Crippen LogP contribution in [0, 0.1) is 6.92 Å². The van der Waals surface area contributed by atoms with E-state index in [1.165, 1.54) is 0 Å². The number of hydrogen-bond acceptors (Lipinski definition) is 2. The van der Waals surface area contributed by atoms with Crippen molar-refractivity contribution >= 4 is 5.78 Å². The molecule has 0 atom stereocenters. The van der Waals surface area contributed by atoms with Crippen molar-refractivity contribution in [2.24, 2.45) is 0 Å². The van der Waals surface area contributed by atoms with Crippen molar-refractivity contribution in [3.63, 3.8) is 0 Å². The molecule has 1 aromatic carbocycles. The third kappa shape index (κ3) is 2.22. The van der Waals surface area contributed by atoms with Crippen LogP contribution in [0.5, 0.6) is 5.75 Å². The first-order valence-corrected chi connectivity index (χ1v) is 4.50. The Morgan fingerprint density at radius 2 is 2.14 bits per heavy atom. The van der Waals surface area contributed by atoms with Crippen LogP contribution < -0.4 is 4.74 Å². The van der Waals surface area contributed by atoms with Crippen LogP contribution >= 0.6 is 0 Å². The Balaban J connectivity index is 3.05. The molecule has 0 bridgehead atoms. The predicted molar refractivity (Wildman–Crippen MR) is 56.9 cm³/mol. The van der Waals surface area contributed by atoms with E-state index in [0.29, 0.717) is 0 Å². The molecule has 0 unspecified atom stereocenters. The number of carbonyl (C=O) groups is 1. The summed E-state index contributed by atoms with van der Waals surface area (Å²) in [7, 11) is 1.61. The summed E-state index contributed by atoms with van der Waals surface area (Å²) in [6, 6.07) is 5.44. The van der Waals surface area contributed by atoms with Gasteiger partial charge in [-0.2, -0.15) is 0 Å². The quantitative estimate of drug-likeness (QED) is 0.541. The minimum absolute atomic E-state index is 0.0349. The number of hydrogen-bond donors (Lipinski definition) is 0. The average Bonchev–Trinajstić information content (AvgIpc) is 2.17. The molecule has 0 saturated carbocycles. The highest BCUT2D eigenvalue weighted by Gasteiger charge is 2.05. The zero-order chi connectivity index (χ0) is 10.6. The first-order valence-electron chi connectivity index (χ1n) is 4.50. The summed E-state index contributed by atoms with van der Waals surface area (Å²) in [5.74, 6) is 0.812. The third-order valence-corrected chi connectivity index (χ3v) is 2.02. The average molecular weight is 190 g/mol. The molecule has 0 fully saturated rings. The number of ketones is 1. The van der Waals surface area contributed by atoms with E-state index < -0.39 is 0 Å². The van der Waals surface area contributed by atoms with Crippen LogP contribution in [-0.4, -0.2) is 12.9 Å². The molecule has 2 heteroatoms. The molecule has 0 N–H and O–H groups in total. The van der Waals surface area contributed by atoms with Gasteiger partial charge in [0.25, 0.3) is 0 Å². The lowest BCUT2D eigenvalue weighted by Crippen LogP contribution is -1.98. The van der Waals surface area contributed by atoms with Crippen molar-refractivity contribution in [3.8, 4) is 5.75 Å². The number of ether oxygens (including phenoxy) is 1. The normalized spacial score (nSPS) is 10.5. The van der Waals surface area contributed by atoms with Gasteiger partial charge >= 0.3 is 0 Å². The van der Waals surface area contributed by atoms with E-state index in [4.69, 9.17) is 4.74 Å². The van der Waals surface area contributed by atoms with Gasteiger partial charge in [0.2, 0.25) is 0 Å². The summed E-state index contributed by atoms with van der Waals surface area (Å²) in [6.07, 6.45) is 3.31. The molecule has 0 spiro atoms. The number of rotatable bonds is 3. The van der Waals surface area contributed by atoms with Gasteiger partial charge in [-0.15, -0.1) is 0 Å². The highest BCUT2D eigenvalue weighted by Crippen LogP contribution is 2.17. The van der Waals surface area contributed by atoms with E-state index in [0.717, 1.165) is 16.9 Å². The fourth-order valence-corrected chi connectivity index (χ4v) is 1.28. The zero-order valence-corrected chi connectivity index (χ0v) is 8.70. The minimum Gasteiger partial charge on any atom is -0.497 e. The molecule has 2 nitrogen and oxygen atoms in total. The zero-order valence-electron chi connectivity index (χ0n) is 8.70. The SMILES string of the molecule is C/C=C/C(=O)c1ccc(OC)cc1C.